The van der Waals surface area contributed by atoms with Crippen LogP contribution in [0.2, 0.25) is 0 Å². The van der Waals surface area contributed by atoms with Gasteiger partial charge in [0.15, 0.2) is 5.17 Å². The van der Waals surface area contributed by atoms with Crippen LogP contribution >= 0.6 is 11.8 Å². The Kier molecular flexibility index (Phi) is 2.53. The minimum atomic E-state index is -0.457. The Hall–Kier alpha value is -0.970. The standard InChI is InChI=1S/C6H9N3OS/c1-4(7)5(10)9-6-8-2-3-11-6/h1-3,7H2,(H,8,9,10). The van der Waals surface area contributed by atoms with Crippen LogP contribution in [0.25, 0.3) is 0 Å². The third-order valence-electron chi connectivity index (χ3n) is 1.09. The fourth-order valence-electron chi connectivity index (χ4n) is 0.593. The summed E-state index contributed by atoms with van der Waals surface area (Å²) in [6.07, 6.45) is 0. The summed E-state index contributed by atoms with van der Waals surface area (Å²) in [6.45, 7) is 4.14. The number of hydrogen-bond acceptors (Lipinski definition) is 3. The van der Waals surface area contributed by atoms with Crippen LogP contribution in [-0.4, -0.2) is 23.4 Å². The molecule has 1 amide bonds. The predicted octanol–water partition coefficient (Wildman–Crippen LogP) is -0.322. The van der Waals surface area contributed by atoms with Crippen LogP contribution in [0, 0.1) is 0 Å². The number of carbonyl (C=O) groups excluding carboxylic acids is 1. The second-order valence-electron chi connectivity index (χ2n) is 2.02. The second kappa shape index (κ2) is 3.43. The molecule has 60 valence electrons. The van der Waals surface area contributed by atoms with Gasteiger partial charge < -0.3 is 11.1 Å². The first-order chi connectivity index (χ1) is 5.20. The first kappa shape index (κ1) is 8.13. The molecule has 3 N–H and O–H groups in total. The first-order valence-electron chi connectivity index (χ1n) is 3.14. The van der Waals surface area contributed by atoms with E-state index in [1.54, 1.807) is 0 Å². The minimum Gasteiger partial charge on any atom is -0.395 e. The molecule has 0 unspecified atom stereocenters. The molecule has 1 aliphatic heterocycles. The van der Waals surface area contributed by atoms with E-state index >= 15 is 0 Å². The molecule has 0 radical (unpaired) electrons. The maximum Gasteiger partial charge on any atom is 0.294 e. The van der Waals surface area contributed by atoms with Crippen LogP contribution in [0.5, 0.6) is 0 Å². The first-order valence-corrected chi connectivity index (χ1v) is 4.13. The van der Waals surface area contributed by atoms with E-state index < -0.39 is 5.91 Å². The van der Waals surface area contributed by atoms with Gasteiger partial charge in [0.05, 0.1) is 5.70 Å². The zero-order chi connectivity index (χ0) is 8.27. The topological polar surface area (TPSA) is 67.5 Å². The summed E-state index contributed by atoms with van der Waals surface area (Å²) in [4.78, 5) is 14.5. The molecule has 5 heteroatoms. The number of amidine groups is 1. The molecule has 0 spiro atoms. The third kappa shape index (κ3) is 2.27. The Morgan fingerprint density at radius 1 is 1.82 bits per heavy atom. The van der Waals surface area contributed by atoms with Gasteiger partial charge in [0.25, 0.3) is 5.91 Å². The highest BCUT2D eigenvalue weighted by atomic mass is 32.2. The van der Waals surface area contributed by atoms with Crippen LogP contribution in [0.15, 0.2) is 17.3 Å². The largest absolute Gasteiger partial charge is 0.395 e. The number of rotatable bonds is 1. The monoisotopic (exact) mass is 171 g/mol. The quantitative estimate of drug-likeness (QED) is 0.530. The summed E-state index contributed by atoms with van der Waals surface area (Å²) in [6, 6.07) is 0. The van der Waals surface area contributed by atoms with Gasteiger partial charge in [-0.25, -0.2) is 0 Å². The highest BCUT2D eigenvalue weighted by Crippen LogP contribution is 2.07. The highest BCUT2D eigenvalue weighted by Gasteiger charge is 2.09. The lowest BCUT2D eigenvalue weighted by Gasteiger charge is -1.94. The van der Waals surface area contributed by atoms with Crippen molar-refractivity contribution in [2.24, 2.45) is 10.7 Å². The molecule has 0 aliphatic carbocycles. The van der Waals surface area contributed by atoms with Crippen molar-refractivity contribution in [3.63, 3.8) is 0 Å². The van der Waals surface area contributed by atoms with Crippen molar-refractivity contribution >= 4 is 22.8 Å². The van der Waals surface area contributed by atoms with E-state index in [4.69, 9.17) is 5.73 Å². The molecule has 4 nitrogen and oxygen atoms in total. The number of nitrogens with two attached hydrogens (primary N) is 1. The van der Waals surface area contributed by atoms with E-state index in [0.717, 1.165) is 12.3 Å². The van der Waals surface area contributed by atoms with Gasteiger partial charge in [-0.15, -0.1) is 0 Å². The van der Waals surface area contributed by atoms with E-state index in [2.05, 4.69) is 16.9 Å². The molecular formula is C6H9N3OS. The van der Waals surface area contributed by atoms with Gasteiger partial charge in [0, 0.05) is 12.3 Å². The number of carbonyl (C=O) groups is 1. The second-order valence-corrected chi connectivity index (χ2v) is 3.11. The number of nitrogens with one attached hydrogen (secondary N) is 1. The van der Waals surface area contributed by atoms with Gasteiger partial charge in [0.1, 0.15) is 0 Å². The molecule has 11 heavy (non-hydrogen) atoms. The summed E-state index contributed by atoms with van der Waals surface area (Å²) in [5, 5.41) is 3.58. The molecule has 0 atom stereocenters. The average molecular weight is 171 g/mol. The summed E-state index contributed by atoms with van der Waals surface area (Å²) in [5.41, 5.74) is 5.10. The molecule has 1 fully saturated rings. The molecule has 1 saturated heterocycles. The fraction of sp³-hybridized carbons (Fsp3) is 0.333. The summed E-state index contributed by atoms with van der Waals surface area (Å²) >= 11 is 1.51. The van der Waals surface area contributed by atoms with Crippen LogP contribution in [0.1, 0.15) is 0 Å². The van der Waals surface area contributed by atoms with E-state index in [1.807, 2.05) is 0 Å². The van der Waals surface area contributed by atoms with Gasteiger partial charge in [-0.05, 0) is 0 Å². The van der Waals surface area contributed by atoms with Crippen LogP contribution in [-0.2, 0) is 4.79 Å². The number of aliphatic imine (C=N–C) groups is 1. The Morgan fingerprint density at radius 3 is 3.00 bits per heavy atom. The number of hydrogen-bond donors (Lipinski definition) is 2. The number of amides is 1. The Morgan fingerprint density at radius 2 is 2.55 bits per heavy atom. The summed E-state index contributed by atoms with van der Waals surface area (Å²) in [5.74, 6) is 0.491. The molecular weight excluding hydrogens is 162 g/mol. The van der Waals surface area contributed by atoms with Crippen LogP contribution in [0.4, 0.5) is 0 Å². The Balaban J connectivity index is 2.56. The minimum absolute atomic E-state index is 0.0215. The van der Waals surface area contributed by atoms with Crippen molar-refractivity contribution in [2.75, 3.05) is 12.3 Å². The van der Waals surface area contributed by atoms with Gasteiger partial charge >= 0.3 is 0 Å². The lowest BCUT2D eigenvalue weighted by molar-refractivity contribution is -0.114. The maximum atomic E-state index is 10.8. The van der Waals surface area contributed by atoms with Crippen LogP contribution in [0.3, 0.4) is 0 Å². The fourth-order valence-corrected chi connectivity index (χ4v) is 1.34. The normalized spacial score (nSPS) is 19.8. The van der Waals surface area contributed by atoms with Crippen molar-refractivity contribution in [1.29, 1.82) is 0 Å². The molecule has 1 heterocycles. The van der Waals surface area contributed by atoms with Crippen molar-refractivity contribution in [2.45, 2.75) is 0 Å². The predicted molar refractivity (Wildman–Crippen MR) is 46.2 cm³/mol. The molecule has 0 aromatic carbocycles. The zero-order valence-corrected chi connectivity index (χ0v) is 6.78. The zero-order valence-electron chi connectivity index (χ0n) is 5.96. The Bertz CT molecular complexity index is 216. The third-order valence-corrected chi connectivity index (χ3v) is 2.01. The van der Waals surface area contributed by atoms with E-state index in [1.165, 1.54) is 11.8 Å². The lowest BCUT2D eigenvalue weighted by Crippen LogP contribution is -2.17. The molecule has 0 aromatic heterocycles. The smallest absolute Gasteiger partial charge is 0.294 e. The van der Waals surface area contributed by atoms with Crippen molar-refractivity contribution in [3.05, 3.63) is 12.3 Å². The van der Waals surface area contributed by atoms with Crippen molar-refractivity contribution in [3.8, 4) is 0 Å². The molecule has 0 bridgehead atoms. The van der Waals surface area contributed by atoms with Crippen LogP contribution < -0.4 is 11.1 Å². The van der Waals surface area contributed by atoms with Gasteiger partial charge in [-0.1, -0.05) is 18.3 Å². The average Bonchev–Trinajstić information content (AvgIpc) is 2.39. The highest BCUT2D eigenvalue weighted by molar-refractivity contribution is 8.14. The van der Waals surface area contributed by atoms with Gasteiger partial charge in [0.2, 0.25) is 0 Å². The Labute approximate surface area is 68.9 Å². The summed E-state index contributed by atoms with van der Waals surface area (Å²) < 4.78 is 0. The van der Waals surface area contributed by atoms with Gasteiger partial charge in [-0.3, -0.25) is 4.79 Å². The molecule has 1 aliphatic rings. The van der Waals surface area contributed by atoms with Crippen molar-refractivity contribution in [1.82, 2.24) is 5.32 Å². The molecule has 0 aromatic rings. The molecule has 1 rings (SSSR count). The van der Waals surface area contributed by atoms with E-state index in [0.29, 0.717) is 5.17 Å². The maximum absolute atomic E-state index is 10.8. The number of thioether (sulfide) groups is 1. The summed E-state index contributed by atoms with van der Waals surface area (Å²) in [7, 11) is 0. The molecule has 0 saturated carbocycles. The van der Waals surface area contributed by atoms with Gasteiger partial charge in [-0.2, -0.15) is 4.99 Å². The number of nitrogens with zero attached hydrogens (tertiary/aromatic N) is 1. The van der Waals surface area contributed by atoms with Crippen molar-refractivity contribution < 1.29 is 4.79 Å². The SMILES string of the molecule is C=C(N)C(=O)N=C1NCCS1. The lowest BCUT2D eigenvalue weighted by atomic mass is 10.5. The van der Waals surface area contributed by atoms with E-state index in [9.17, 15) is 4.79 Å². The van der Waals surface area contributed by atoms with E-state index in [-0.39, 0.29) is 5.70 Å².